The van der Waals surface area contributed by atoms with Crippen molar-refractivity contribution in [3.63, 3.8) is 0 Å². The van der Waals surface area contributed by atoms with E-state index >= 15 is 0 Å². The number of esters is 2. The van der Waals surface area contributed by atoms with Crippen LogP contribution in [-0.2, 0) is 30.9 Å². The van der Waals surface area contributed by atoms with Gasteiger partial charge < -0.3 is 13.9 Å². The summed E-state index contributed by atoms with van der Waals surface area (Å²) in [5.41, 5.74) is 0.645. The summed E-state index contributed by atoms with van der Waals surface area (Å²) >= 11 is 0. The first-order valence-corrected chi connectivity index (χ1v) is 10.4. The van der Waals surface area contributed by atoms with Gasteiger partial charge in [-0.1, -0.05) is 26.0 Å². The van der Waals surface area contributed by atoms with Gasteiger partial charge in [0.2, 0.25) is 15.8 Å². The first-order chi connectivity index (χ1) is 13.8. The van der Waals surface area contributed by atoms with Gasteiger partial charge in [-0.25, -0.2) is 18.0 Å². The molecular weight excluding hydrogens is 398 g/mol. The summed E-state index contributed by atoms with van der Waals surface area (Å²) in [7, 11) is -2.28. The number of carbonyl (C=O) groups excluding carboxylic acids is 2. The van der Waals surface area contributed by atoms with Gasteiger partial charge in [-0.2, -0.15) is 4.31 Å². The Morgan fingerprint density at radius 1 is 1.07 bits per heavy atom. The Labute approximate surface area is 169 Å². The van der Waals surface area contributed by atoms with Crippen LogP contribution in [-0.4, -0.2) is 44.9 Å². The highest BCUT2D eigenvalue weighted by molar-refractivity contribution is 7.89. The molecule has 1 aromatic carbocycles. The standard InChI is InChI=1S/C20H23NO7S/c1-4-21(5-2)29(24,25)17-10-6-15(7-11-17)8-13-19(22)27-14-16-9-12-18(28-16)20(23)26-3/h6-13H,4-5,14H2,1-3H3/b13-8+. The molecule has 0 fully saturated rings. The van der Waals surface area contributed by atoms with E-state index in [-0.39, 0.29) is 17.3 Å². The molecule has 0 unspecified atom stereocenters. The Morgan fingerprint density at radius 2 is 1.72 bits per heavy atom. The van der Waals surface area contributed by atoms with Crippen molar-refractivity contribution in [2.45, 2.75) is 25.3 Å². The number of ether oxygens (including phenoxy) is 2. The molecule has 29 heavy (non-hydrogen) atoms. The van der Waals surface area contributed by atoms with Crippen molar-refractivity contribution in [2.75, 3.05) is 20.2 Å². The molecule has 0 aliphatic rings. The van der Waals surface area contributed by atoms with Crippen molar-refractivity contribution in [3.8, 4) is 0 Å². The van der Waals surface area contributed by atoms with Crippen molar-refractivity contribution in [1.82, 2.24) is 4.31 Å². The lowest BCUT2D eigenvalue weighted by molar-refractivity contribution is -0.139. The third kappa shape index (κ3) is 5.78. The van der Waals surface area contributed by atoms with Crippen molar-refractivity contribution < 1.29 is 31.9 Å². The Balaban J connectivity index is 1.95. The minimum atomic E-state index is -3.52. The molecule has 0 amide bonds. The van der Waals surface area contributed by atoms with Crippen LogP contribution in [0.2, 0.25) is 0 Å². The Morgan fingerprint density at radius 3 is 2.31 bits per heavy atom. The summed E-state index contributed by atoms with van der Waals surface area (Å²) in [6, 6.07) is 9.15. The van der Waals surface area contributed by atoms with E-state index in [1.54, 1.807) is 26.0 Å². The third-order valence-corrected chi connectivity index (χ3v) is 6.10. The molecular formula is C20H23NO7S. The van der Waals surface area contributed by atoms with E-state index in [0.29, 0.717) is 24.4 Å². The van der Waals surface area contributed by atoms with Gasteiger partial charge >= 0.3 is 11.9 Å². The fraction of sp³-hybridized carbons (Fsp3) is 0.300. The normalized spacial score (nSPS) is 11.7. The van der Waals surface area contributed by atoms with Crippen molar-refractivity contribution in [2.24, 2.45) is 0 Å². The molecule has 0 saturated heterocycles. The first kappa shape index (κ1) is 22.4. The molecule has 9 heteroatoms. The zero-order valence-corrected chi connectivity index (χ0v) is 17.3. The fourth-order valence-electron chi connectivity index (χ4n) is 2.48. The highest BCUT2D eigenvalue weighted by Gasteiger charge is 2.21. The number of benzene rings is 1. The molecule has 0 saturated carbocycles. The fourth-order valence-corrected chi connectivity index (χ4v) is 3.94. The zero-order chi connectivity index (χ0) is 21.4. The molecule has 0 atom stereocenters. The number of nitrogens with zero attached hydrogens (tertiary/aromatic N) is 1. The Kier molecular flexibility index (Phi) is 7.74. The molecule has 0 radical (unpaired) electrons. The van der Waals surface area contributed by atoms with Crippen LogP contribution in [0.15, 0.2) is 51.8 Å². The Hall–Kier alpha value is -2.91. The molecule has 0 aliphatic carbocycles. The van der Waals surface area contributed by atoms with E-state index in [2.05, 4.69) is 4.74 Å². The molecule has 2 rings (SSSR count). The second-order valence-corrected chi connectivity index (χ2v) is 7.79. The van der Waals surface area contributed by atoms with Gasteiger partial charge in [0.25, 0.3) is 0 Å². The average molecular weight is 421 g/mol. The van der Waals surface area contributed by atoms with E-state index in [1.165, 1.54) is 47.8 Å². The van der Waals surface area contributed by atoms with Gasteiger partial charge in [0.05, 0.1) is 12.0 Å². The summed E-state index contributed by atoms with van der Waals surface area (Å²) in [4.78, 5) is 23.3. The van der Waals surface area contributed by atoms with Crippen molar-refractivity contribution in [3.05, 3.63) is 59.6 Å². The van der Waals surface area contributed by atoms with E-state index in [4.69, 9.17) is 9.15 Å². The SMILES string of the molecule is CCN(CC)S(=O)(=O)c1ccc(/C=C/C(=O)OCc2ccc(C(=O)OC)o2)cc1. The van der Waals surface area contributed by atoms with Gasteiger partial charge in [-0.15, -0.1) is 0 Å². The smallest absolute Gasteiger partial charge is 0.373 e. The lowest BCUT2D eigenvalue weighted by Gasteiger charge is -2.18. The van der Waals surface area contributed by atoms with Crippen LogP contribution in [0.1, 0.15) is 35.7 Å². The number of methoxy groups -OCH3 is 1. The minimum absolute atomic E-state index is 0.0221. The van der Waals surface area contributed by atoms with Crippen LogP contribution in [0.4, 0.5) is 0 Å². The summed E-state index contributed by atoms with van der Waals surface area (Å²) in [6.45, 7) is 4.21. The van der Waals surface area contributed by atoms with Crippen LogP contribution in [0.5, 0.6) is 0 Å². The molecule has 0 bridgehead atoms. The number of rotatable bonds is 9. The quantitative estimate of drug-likeness (QED) is 0.453. The maximum Gasteiger partial charge on any atom is 0.373 e. The van der Waals surface area contributed by atoms with Gasteiger partial charge in [-0.05, 0) is 35.9 Å². The van der Waals surface area contributed by atoms with Crippen molar-refractivity contribution in [1.29, 1.82) is 0 Å². The average Bonchev–Trinajstić information content (AvgIpc) is 3.20. The number of hydrogen-bond donors (Lipinski definition) is 0. The summed E-state index contributed by atoms with van der Waals surface area (Å²) < 4.78 is 41.0. The first-order valence-electron chi connectivity index (χ1n) is 8.93. The summed E-state index contributed by atoms with van der Waals surface area (Å²) in [5.74, 6) is -0.901. The molecule has 0 N–H and O–H groups in total. The number of hydrogen-bond acceptors (Lipinski definition) is 7. The van der Waals surface area contributed by atoms with Crippen LogP contribution in [0, 0.1) is 0 Å². The van der Waals surface area contributed by atoms with Crippen LogP contribution >= 0.6 is 0 Å². The monoisotopic (exact) mass is 421 g/mol. The molecule has 0 spiro atoms. The highest BCUT2D eigenvalue weighted by atomic mass is 32.2. The summed E-state index contributed by atoms with van der Waals surface area (Å²) in [5, 5.41) is 0. The van der Waals surface area contributed by atoms with E-state index in [9.17, 15) is 18.0 Å². The predicted molar refractivity (Wildman–Crippen MR) is 105 cm³/mol. The summed E-state index contributed by atoms with van der Waals surface area (Å²) in [6.07, 6.45) is 2.73. The number of furan rings is 1. The van der Waals surface area contributed by atoms with Gasteiger partial charge in [0.1, 0.15) is 12.4 Å². The van der Waals surface area contributed by atoms with Gasteiger partial charge in [0, 0.05) is 19.2 Å². The molecule has 2 aromatic rings. The van der Waals surface area contributed by atoms with Crippen molar-refractivity contribution >= 4 is 28.0 Å². The van der Waals surface area contributed by atoms with E-state index in [0.717, 1.165) is 0 Å². The second kappa shape index (κ2) is 10.0. The minimum Gasteiger partial charge on any atom is -0.463 e. The molecule has 156 valence electrons. The number of sulfonamides is 1. The predicted octanol–water partition coefficient (Wildman–Crippen LogP) is 2.85. The lowest BCUT2D eigenvalue weighted by Crippen LogP contribution is -2.30. The lowest BCUT2D eigenvalue weighted by atomic mass is 10.2. The maximum absolute atomic E-state index is 12.5. The zero-order valence-electron chi connectivity index (χ0n) is 16.5. The topological polar surface area (TPSA) is 103 Å². The maximum atomic E-state index is 12.5. The number of carbonyl (C=O) groups is 2. The van der Waals surface area contributed by atoms with Crippen LogP contribution in [0.3, 0.4) is 0 Å². The van der Waals surface area contributed by atoms with Crippen LogP contribution < -0.4 is 0 Å². The van der Waals surface area contributed by atoms with Crippen LogP contribution in [0.25, 0.3) is 6.08 Å². The molecule has 1 heterocycles. The molecule has 0 aliphatic heterocycles. The third-order valence-electron chi connectivity index (χ3n) is 4.04. The van der Waals surface area contributed by atoms with Gasteiger partial charge in [-0.3, -0.25) is 0 Å². The second-order valence-electron chi connectivity index (χ2n) is 5.86. The Bertz CT molecular complexity index is 971. The van der Waals surface area contributed by atoms with E-state index in [1.807, 2.05) is 0 Å². The van der Waals surface area contributed by atoms with E-state index < -0.39 is 22.0 Å². The van der Waals surface area contributed by atoms with Gasteiger partial charge in [0.15, 0.2) is 0 Å². The molecule has 8 nitrogen and oxygen atoms in total. The molecule has 1 aromatic heterocycles. The highest BCUT2D eigenvalue weighted by Crippen LogP contribution is 2.17. The largest absolute Gasteiger partial charge is 0.463 e.